The van der Waals surface area contributed by atoms with Gasteiger partial charge in [0.25, 0.3) is 0 Å². The van der Waals surface area contributed by atoms with Gasteiger partial charge >= 0.3 is 0 Å². The van der Waals surface area contributed by atoms with Crippen LogP contribution < -0.4 is 5.32 Å². The summed E-state index contributed by atoms with van der Waals surface area (Å²) in [7, 11) is 0. The first kappa shape index (κ1) is 12.3. The molecule has 0 aromatic heterocycles. The Morgan fingerprint density at radius 3 is 3.12 bits per heavy atom. The van der Waals surface area contributed by atoms with E-state index in [-0.39, 0.29) is 0 Å². The van der Waals surface area contributed by atoms with Gasteiger partial charge in [-0.2, -0.15) is 0 Å². The van der Waals surface area contributed by atoms with E-state index in [2.05, 4.69) is 11.4 Å². The number of piperidine rings is 1. The van der Waals surface area contributed by atoms with Gasteiger partial charge in [0.15, 0.2) is 0 Å². The van der Waals surface area contributed by atoms with Crippen molar-refractivity contribution in [2.45, 2.75) is 24.2 Å². The Bertz CT molecular complexity index is 323. The molecule has 0 radical (unpaired) electrons. The third kappa shape index (κ3) is 4.00. The van der Waals surface area contributed by atoms with Crippen molar-refractivity contribution >= 4 is 23.4 Å². The van der Waals surface area contributed by atoms with Crippen molar-refractivity contribution in [1.29, 1.82) is 0 Å². The molecule has 1 fully saturated rings. The molecule has 1 N–H and O–H groups in total. The first-order chi connectivity index (χ1) is 7.84. The zero-order chi connectivity index (χ0) is 11.2. The molecule has 1 saturated heterocycles. The average Bonchev–Trinajstić information content (AvgIpc) is 2.30. The van der Waals surface area contributed by atoms with Crippen LogP contribution in [0.25, 0.3) is 0 Å². The minimum absolute atomic E-state index is 0.837. The van der Waals surface area contributed by atoms with Gasteiger partial charge < -0.3 is 5.32 Å². The van der Waals surface area contributed by atoms with Crippen LogP contribution in [0.15, 0.2) is 29.2 Å². The monoisotopic (exact) mass is 255 g/mol. The van der Waals surface area contributed by atoms with E-state index in [1.165, 1.54) is 43.0 Å². The molecule has 88 valence electrons. The molecule has 1 unspecified atom stereocenters. The van der Waals surface area contributed by atoms with Crippen molar-refractivity contribution in [3.63, 3.8) is 0 Å². The Balaban J connectivity index is 1.71. The topological polar surface area (TPSA) is 12.0 Å². The summed E-state index contributed by atoms with van der Waals surface area (Å²) in [5.41, 5.74) is 0. The van der Waals surface area contributed by atoms with Crippen LogP contribution in [0.5, 0.6) is 0 Å². The maximum Gasteiger partial charge on any atom is 0.0417 e. The summed E-state index contributed by atoms with van der Waals surface area (Å²) in [4.78, 5) is 1.29. The summed E-state index contributed by atoms with van der Waals surface area (Å²) in [5.74, 6) is 2.08. The molecular weight excluding hydrogens is 238 g/mol. The summed E-state index contributed by atoms with van der Waals surface area (Å²) >= 11 is 7.87. The first-order valence-corrected chi connectivity index (χ1v) is 7.30. The number of halogens is 1. The number of hydrogen-bond donors (Lipinski definition) is 1. The van der Waals surface area contributed by atoms with Crippen LogP contribution >= 0.6 is 23.4 Å². The largest absolute Gasteiger partial charge is 0.316 e. The molecule has 0 amide bonds. The lowest BCUT2D eigenvalue weighted by Crippen LogP contribution is -2.29. The van der Waals surface area contributed by atoms with Crippen LogP contribution in [0, 0.1) is 5.92 Å². The van der Waals surface area contributed by atoms with E-state index in [1.807, 2.05) is 30.0 Å². The second-order valence-corrected chi connectivity index (χ2v) is 5.91. The minimum atomic E-state index is 0.837. The van der Waals surface area contributed by atoms with E-state index in [4.69, 9.17) is 11.6 Å². The second-order valence-electron chi connectivity index (χ2n) is 4.31. The zero-order valence-electron chi connectivity index (χ0n) is 9.42. The smallest absolute Gasteiger partial charge is 0.0417 e. The van der Waals surface area contributed by atoms with Gasteiger partial charge in [0.2, 0.25) is 0 Å². The Morgan fingerprint density at radius 1 is 1.44 bits per heavy atom. The van der Waals surface area contributed by atoms with Crippen LogP contribution in [0.1, 0.15) is 19.3 Å². The number of rotatable bonds is 4. The van der Waals surface area contributed by atoms with Gasteiger partial charge in [0.1, 0.15) is 0 Å². The van der Waals surface area contributed by atoms with Crippen molar-refractivity contribution in [2.24, 2.45) is 5.92 Å². The van der Waals surface area contributed by atoms with Gasteiger partial charge in [0, 0.05) is 9.92 Å². The van der Waals surface area contributed by atoms with Crippen molar-refractivity contribution in [3.8, 4) is 0 Å². The normalized spacial score (nSPS) is 20.9. The van der Waals surface area contributed by atoms with Crippen LogP contribution in [-0.2, 0) is 0 Å². The van der Waals surface area contributed by atoms with E-state index >= 15 is 0 Å². The first-order valence-electron chi connectivity index (χ1n) is 5.94. The number of nitrogens with one attached hydrogen (secondary N) is 1. The fraction of sp³-hybridized carbons (Fsp3) is 0.538. The standard InChI is InChI=1S/C13H18ClNS/c14-12-4-1-5-13(9-12)16-8-6-11-3-2-7-15-10-11/h1,4-5,9,11,15H,2-3,6-8,10H2. The maximum atomic E-state index is 5.95. The van der Waals surface area contributed by atoms with E-state index in [0.717, 1.165) is 10.9 Å². The Labute approximate surface area is 107 Å². The second kappa shape index (κ2) is 6.53. The van der Waals surface area contributed by atoms with Gasteiger partial charge in [-0.1, -0.05) is 17.7 Å². The Hall–Kier alpha value is -0.180. The summed E-state index contributed by atoms with van der Waals surface area (Å²) in [6.45, 7) is 2.41. The van der Waals surface area contributed by atoms with Gasteiger partial charge in [-0.3, -0.25) is 0 Å². The highest BCUT2D eigenvalue weighted by molar-refractivity contribution is 7.99. The molecule has 1 heterocycles. The molecule has 0 aliphatic carbocycles. The quantitative estimate of drug-likeness (QED) is 0.821. The van der Waals surface area contributed by atoms with Crippen molar-refractivity contribution in [2.75, 3.05) is 18.8 Å². The molecule has 0 saturated carbocycles. The van der Waals surface area contributed by atoms with E-state index in [0.29, 0.717) is 0 Å². The van der Waals surface area contributed by atoms with Crippen LogP contribution in [-0.4, -0.2) is 18.8 Å². The Morgan fingerprint density at radius 2 is 2.38 bits per heavy atom. The molecule has 3 heteroatoms. The molecule has 0 spiro atoms. The van der Waals surface area contributed by atoms with E-state index in [9.17, 15) is 0 Å². The summed E-state index contributed by atoms with van der Waals surface area (Å²) in [6.07, 6.45) is 4.04. The predicted octanol–water partition coefficient (Wildman–Crippen LogP) is 3.82. The lowest BCUT2D eigenvalue weighted by atomic mass is 9.97. The third-order valence-electron chi connectivity index (χ3n) is 2.99. The lowest BCUT2D eigenvalue weighted by Gasteiger charge is -2.22. The molecular formula is C13H18ClNS. The molecule has 1 aliphatic rings. The molecule has 1 aliphatic heterocycles. The predicted molar refractivity (Wildman–Crippen MR) is 72.4 cm³/mol. The number of thioether (sulfide) groups is 1. The number of hydrogen-bond acceptors (Lipinski definition) is 2. The summed E-state index contributed by atoms with van der Waals surface area (Å²) in [5, 5.41) is 4.30. The van der Waals surface area contributed by atoms with Gasteiger partial charge in [-0.15, -0.1) is 11.8 Å². The molecule has 1 aromatic carbocycles. The fourth-order valence-electron chi connectivity index (χ4n) is 2.07. The lowest BCUT2D eigenvalue weighted by molar-refractivity contribution is 0.371. The molecule has 0 bridgehead atoms. The van der Waals surface area contributed by atoms with Gasteiger partial charge in [0.05, 0.1) is 0 Å². The highest BCUT2D eigenvalue weighted by atomic mass is 35.5. The third-order valence-corrected chi connectivity index (χ3v) is 4.25. The van der Waals surface area contributed by atoms with Gasteiger partial charge in [-0.25, -0.2) is 0 Å². The fourth-order valence-corrected chi connectivity index (χ4v) is 3.40. The average molecular weight is 256 g/mol. The van der Waals surface area contributed by atoms with Crippen LogP contribution in [0.4, 0.5) is 0 Å². The van der Waals surface area contributed by atoms with E-state index in [1.54, 1.807) is 0 Å². The zero-order valence-corrected chi connectivity index (χ0v) is 11.0. The SMILES string of the molecule is Clc1cccc(SCCC2CCCNC2)c1. The molecule has 2 rings (SSSR count). The van der Waals surface area contributed by atoms with Crippen LogP contribution in [0.2, 0.25) is 5.02 Å². The molecule has 1 aromatic rings. The minimum Gasteiger partial charge on any atom is -0.316 e. The molecule has 1 nitrogen and oxygen atoms in total. The van der Waals surface area contributed by atoms with E-state index < -0.39 is 0 Å². The summed E-state index contributed by atoms with van der Waals surface area (Å²) < 4.78 is 0. The van der Waals surface area contributed by atoms with Crippen molar-refractivity contribution in [3.05, 3.63) is 29.3 Å². The Kier molecular flexibility index (Phi) is 5.01. The maximum absolute atomic E-state index is 5.95. The highest BCUT2D eigenvalue weighted by Crippen LogP contribution is 2.24. The van der Waals surface area contributed by atoms with Crippen molar-refractivity contribution in [1.82, 2.24) is 5.32 Å². The van der Waals surface area contributed by atoms with Crippen LogP contribution in [0.3, 0.4) is 0 Å². The highest BCUT2D eigenvalue weighted by Gasteiger charge is 2.12. The molecule has 16 heavy (non-hydrogen) atoms. The number of benzene rings is 1. The molecule has 1 atom stereocenters. The van der Waals surface area contributed by atoms with Crippen molar-refractivity contribution < 1.29 is 0 Å². The summed E-state index contributed by atoms with van der Waals surface area (Å²) in [6, 6.07) is 8.13. The van der Waals surface area contributed by atoms with Gasteiger partial charge in [-0.05, 0) is 62.2 Å².